The molecule has 3 aromatic heterocycles. The summed E-state index contributed by atoms with van der Waals surface area (Å²) in [6, 6.07) is 14.3. The van der Waals surface area contributed by atoms with Crippen LogP contribution >= 0.6 is 11.3 Å². The van der Waals surface area contributed by atoms with E-state index in [0.717, 1.165) is 27.4 Å². The van der Waals surface area contributed by atoms with Gasteiger partial charge in [0.1, 0.15) is 22.3 Å². The number of benzene rings is 1. The highest BCUT2D eigenvalue weighted by atomic mass is 32.1. The lowest BCUT2D eigenvalue weighted by molar-refractivity contribution is 0.395. The summed E-state index contributed by atoms with van der Waals surface area (Å²) in [7, 11) is 0. The van der Waals surface area contributed by atoms with Gasteiger partial charge in [0.25, 0.3) is 5.56 Å². The van der Waals surface area contributed by atoms with Crippen LogP contribution in [0.15, 0.2) is 52.8 Å². The Hall–Kier alpha value is -3.17. The summed E-state index contributed by atoms with van der Waals surface area (Å²) in [5, 5.41) is 11.2. The van der Waals surface area contributed by atoms with E-state index in [1.54, 1.807) is 6.20 Å². The molecule has 0 fully saturated rings. The number of aromatic amines is 1. The number of H-pyrrole nitrogens is 1. The summed E-state index contributed by atoms with van der Waals surface area (Å²) in [4.78, 5) is 20.6. The van der Waals surface area contributed by atoms with Gasteiger partial charge in [-0.05, 0) is 49.4 Å². The van der Waals surface area contributed by atoms with Gasteiger partial charge in [-0.3, -0.25) is 4.79 Å². The zero-order valence-electron chi connectivity index (χ0n) is 16.0. The minimum absolute atomic E-state index is 0.122. The molecule has 0 amide bonds. The molecule has 3 heterocycles. The highest BCUT2D eigenvalue weighted by Crippen LogP contribution is 2.29. The molecule has 4 rings (SSSR count). The third-order valence-electron chi connectivity index (χ3n) is 4.71. The van der Waals surface area contributed by atoms with Crippen molar-refractivity contribution in [1.29, 1.82) is 5.26 Å². The van der Waals surface area contributed by atoms with Crippen LogP contribution in [-0.4, -0.2) is 14.5 Å². The van der Waals surface area contributed by atoms with Crippen molar-refractivity contribution in [2.45, 2.75) is 32.7 Å². The van der Waals surface area contributed by atoms with Crippen molar-refractivity contribution in [3.05, 3.63) is 74.6 Å². The van der Waals surface area contributed by atoms with Crippen LogP contribution in [0.4, 0.5) is 0 Å². The number of aromatic nitrogens is 3. The first-order valence-electron chi connectivity index (χ1n) is 9.05. The van der Waals surface area contributed by atoms with Crippen molar-refractivity contribution in [2.24, 2.45) is 0 Å². The summed E-state index contributed by atoms with van der Waals surface area (Å²) >= 11 is 1.45. The Bertz CT molecular complexity index is 1250. The molecule has 4 aromatic rings. The molecule has 0 atom stereocenters. The molecular formula is C22H20N4OS. The third kappa shape index (κ3) is 3.14. The van der Waals surface area contributed by atoms with E-state index in [4.69, 9.17) is 4.98 Å². The Labute approximate surface area is 166 Å². The van der Waals surface area contributed by atoms with Crippen molar-refractivity contribution in [3.63, 3.8) is 0 Å². The van der Waals surface area contributed by atoms with Crippen LogP contribution in [0.3, 0.4) is 0 Å². The molecule has 5 nitrogen and oxygen atoms in total. The summed E-state index contributed by atoms with van der Waals surface area (Å²) in [6.45, 7) is 6.23. The van der Waals surface area contributed by atoms with Gasteiger partial charge in [0.2, 0.25) is 0 Å². The fraction of sp³-hybridized carbons (Fsp3) is 0.227. The number of nitrogens with zero attached hydrogens (tertiary/aromatic N) is 3. The number of pyridine rings is 1. The molecule has 0 saturated heterocycles. The number of hydrogen-bond acceptors (Lipinski definition) is 4. The normalized spacial score (nSPS) is 11.6. The van der Waals surface area contributed by atoms with Crippen molar-refractivity contribution >= 4 is 22.4 Å². The number of thiophene rings is 1. The highest BCUT2D eigenvalue weighted by Gasteiger charge is 2.23. The van der Waals surface area contributed by atoms with E-state index in [2.05, 4.69) is 44.0 Å². The molecule has 140 valence electrons. The monoisotopic (exact) mass is 388 g/mol. The minimum Gasteiger partial charge on any atom is -0.327 e. The third-order valence-corrected chi connectivity index (χ3v) is 5.53. The van der Waals surface area contributed by atoms with Crippen molar-refractivity contribution < 1.29 is 0 Å². The molecule has 1 aromatic carbocycles. The molecule has 6 heteroatoms. The first-order valence-corrected chi connectivity index (χ1v) is 9.93. The van der Waals surface area contributed by atoms with Gasteiger partial charge in [0.05, 0.1) is 5.52 Å². The molecule has 0 unspecified atom stereocenters. The summed E-state index contributed by atoms with van der Waals surface area (Å²) in [5.74, 6) is 0.861. The fourth-order valence-corrected chi connectivity index (χ4v) is 4.24. The van der Waals surface area contributed by atoms with Gasteiger partial charge in [0, 0.05) is 23.7 Å². The molecule has 0 bridgehead atoms. The van der Waals surface area contributed by atoms with Gasteiger partial charge in [-0.1, -0.05) is 24.3 Å². The van der Waals surface area contributed by atoms with E-state index in [9.17, 15) is 10.1 Å². The topological polar surface area (TPSA) is 74.5 Å². The molecular weight excluding hydrogens is 368 g/mol. The van der Waals surface area contributed by atoms with E-state index in [1.165, 1.54) is 11.3 Å². The molecule has 0 spiro atoms. The van der Waals surface area contributed by atoms with Gasteiger partial charge >= 0.3 is 0 Å². The molecule has 0 aliphatic carbocycles. The Morgan fingerprint density at radius 3 is 2.61 bits per heavy atom. The average Bonchev–Trinajstić information content (AvgIpc) is 3.26. The van der Waals surface area contributed by atoms with E-state index >= 15 is 0 Å². The van der Waals surface area contributed by atoms with Gasteiger partial charge in [-0.2, -0.15) is 5.26 Å². The minimum atomic E-state index is -0.267. The lowest BCUT2D eigenvalue weighted by atomic mass is 10.0. The molecule has 0 radical (unpaired) electrons. The lowest BCUT2D eigenvalue weighted by Crippen LogP contribution is -2.27. The summed E-state index contributed by atoms with van der Waals surface area (Å²) in [5.41, 5.74) is 4.03. The predicted octanol–water partition coefficient (Wildman–Crippen LogP) is 4.67. The standard InChI is InChI=1S/C22H20N4OS/c1-22(2,3)26-19(25-17-8-10-24-21(27)20(17)26)12-14-4-6-15(7-5-14)16-9-11-28-18(16)13-23/h4-11H,12H2,1-3H3,(H,24,27). The second kappa shape index (κ2) is 6.77. The van der Waals surface area contributed by atoms with Crippen LogP contribution in [0.2, 0.25) is 0 Å². The van der Waals surface area contributed by atoms with Crippen molar-refractivity contribution in [2.75, 3.05) is 0 Å². The maximum atomic E-state index is 12.4. The van der Waals surface area contributed by atoms with Gasteiger partial charge in [-0.25, -0.2) is 4.98 Å². The quantitative estimate of drug-likeness (QED) is 0.554. The van der Waals surface area contributed by atoms with Crippen LogP contribution in [0, 0.1) is 11.3 Å². The number of nitrogens with one attached hydrogen (secondary N) is 1. The molecule has 1 N–H and O–H groups in total. The Morgan fingerprint density at radius 2 is 1.93 bits per heavy atom. The smallest absolute Gasteiger partial charge is 0.274 e. The molecule has 0 aliphatic heterocycles. The fourth-order valence-electron chi connectivity index (χ4n) is 3.53. The van der Waals surface area contributed by atoms with E-state index in [-0.39, 0.29) is 11.1 Å². The van der Waals surface area contributed by atoms with Crippen LogP contribution < -0.4 is 5.56 Å². The van der Waals surface area contributed by atoms with Gasteiger partial charge in [-0.15, -0.1) is 11.3 Å². The zero-order valence-corrected chi connectivity index (χ0v) is 16.8. The second-order valence-electron chi connectivity index (χ2n) is 7.72. The van der Waals surface area contributed by atoms with E-state index in [0.29, 0.717) is 17.5 Å². The van der Waals surface area contributed by atoms with Crippen LogP contribution in [0.5, 0.6) is 0 Å². The molecule has 0 saturated carbocycles. The zero-order chi connectivity index (χ0) is 19.9. The number of hydrogen-bond donors (Lipinski definition) is 1. The summed E-state index contributed by atoms with van der Waals surface area (Å²) in [6.07, 6.45) is 2.26. The number of nitriles is 1. The van der Waals surface area contributed by atoms with Crippen molar-refractivity contribution in [1.82, 2.24) is 14.5 Å². The predicted molar refractivity (Wildman–Crippen MR) is 113 cm³/mol. The van der Waals surface area contributed by atoms with Crippen LogP contribution in [0.25, 0.3) is 22.2 Å². The Balaban J connectivity index is 1.74. The summed E-state index contributed by atoms with van der Waals surface area (Å²) < 4.78 is 2.03. The SMILES string of the molecule is CC(C)(C)n1c(Cc2ccc(-c3ccsc3C#N)cc2)nc2cc[nH]c(=O)c21. The highest BCUT2D eigenvalue weighted by molar-refractivity contribution is 7.11. The van der Waals surface area contributed by atoms with Gasteiger partial charge < -0.3 is 9.55 Å². The number of imidazole rings is 1. The average molecular weight is 388 g/mol. The van der Waals surface area contributed by atoms with Crippen LogP contribution in [0.1, 0.15) is 37.0 Å². The van der Waals surface area contributed by atoms with E-state index < -0.39 is 0 Å². The number of rotatable bonds is 3. The first kappa shape index (κ1) is 18.2. The Morgan fingerprint density at radius 1 is 1.18 bits per heavy atom. The Kier molecular flexibility index (Phi) is 4.40. The second-order valence-corrected chi connectivity index (χ2v) is 8.64. The van der Waals surface area contributed by atoms with E-state index in [1.807, 2.05) is 34.2 Å². The first-order chi connectivity index (χ1) is 13.4. The maximum Gasteiger partial charge on any atom is 0.274 e. The maximum absolute atomic E-state index is 12.4. The molecule has 28 heavy (non-hydrogen) atoms. The van der Waals surface area contributed by atoms with Crippen molar-refractivity contribution in [3.8, 4) is 17.2 Å². The largest absolute Gasteiger partial charge is 0.327 e. The van der Waals surface area contributed by atoms with Gasteiger partial charge in [0.15, 0.2) is 0 Å². The lowest BCUT2D eigenvalue weighted by Gasteiger charge is -2.24. The van der Waals surface area contributed by atoms with Crippen LogP contribution in [-0.2, 0) is 12.0 Å². The molecule has 0 aliphatic rings. The number of fused-ring (bicyclic) bond motifs is 1.